The molecule has 0 saturated heterocycles. The van der Waals surface area contributed by atoms with Crippen LogP contribution in [-0.2, 0) is 6.54 Å². The Labute approximate surface area is 141 Å². The van der Waals surface area contributed by atoms with Gasteiger partial charge in [0.05, 0.1) is 12.6 Å². The van der Waals surface area contributed by atoms with Crippen molar-refractivity contribution in [3.8, 4) is 11.4 Å². The molecule has 0 aliphatic heterocycles. The molecular weight excluding hydrogens is 302 g/mol. The lowest BCUT2D eigenvalue weighted by Gasteiger charge is -2.24. The molecule has 1 N–H and O–H groups in total. The van der Waals surface area contributed by atoms with Crippen LogP contribution in [0.15, 0.2) is 59.1 Å². The zero-order chi connectivity index (χ0) is 16.9. The fourth-order valence-electron chi connectivity index (χ4n) is 2.63. The number of para-hydroxylation sites is 1. The lowest BCUT2D eigenvalue weighted by molar-refractivity contribution is 0.198. The number of benzene rings is 2. The first-order chi connectivity index (χ1) is 11.6. The molecule has 24 heavy (non-hydrogen) atoms. The lowest BCUT2D eigenvalue weighted by Crippen LogP contribution is -2.30. The summed E-state index contributed by atoms with van der Waals surface area (Å²) in [6, 6.07) is 17.9. The average molecular weight is 323 g/mol. The number of rotatable bonds is 6. The van der Waals surface area contributed by atoms with Crippen molar-refractivity contribution in [3.05, 3.63) is 66.1 Å². The third-order valence-corrected chi connectivity index (χ3v) is 3.79. The first-order valence-corrected chi connectivity index (χ1v) is 8.00. The highest BCUT2D eigenvalue weighted by Crippen LogP contribution is 2.21. The van der Waals surface area contributed by atoms with Gasteiger partial charge in [-0.3, -0.25) is 0 Å². The van der Waals surface area contributed by atoms with Gasteiger partial charge in [0.1, 0.15) is 0 Å². The maximum absolute atomic E-state index is 9.77. The van der Waals surface area contributed by atoms with Crippen molar-refractivity contribution >= 4 is 5.69 Å². The first kappa shape index (κ1) is 16.2. The smallest absolute Gasteiger partial charge is 0.246 e. The summed E-state index contributed by atoms with van der Waals surface area (Å²) in [6.07, 6.45) is -0.455. The second-order valence-corrected chi connectivity index (χ2v) is 5.89. The van der Waals surface area contributed by atoms with Crippen LogP contribution >= 0.6 is 0 Å². The third kappa shape index (κ3) is 3.81. The average Bonchev–Trinajstić information content (AvgIpc) is 3.03. The van der Waals surface area contributed by atoms with Crippen molar-refractivity contribution in [3.63, 3.8) is 0 Å². The Kier molecular flexibility index (Phi) is 4.91. The Balaban J connectivity index is 1.82. The van der Waals surface area contributed by atoms with Crippen LogP contribution in [0.4, 0.5) is 5.69 Å². The van der Waals surface area contributed by atoms with Gasteiger partial charge in [0.15, 0.2) is 0 Å². The van der Waals surface area contributed by atoms with Gasteiger partial charge in [0.25, 0.3) is 0 Å². The van der Waals surface area contributed by atoms with Crippen molar-refractivity contribution in [1.29, 1.82) is 0 Å². The summed E-state index contributed by atoms with van der Waals surface area (Å²) in [6.45, 7) is 4.73. The van der Waals surface area contributed by atoms with Gasteiger partial charge in [-0.2, -0.15) is 4.98 Å². The van der Waals surface area contributed by atoms with E-state index in [1.807, 2.05) is 66.4 Å². The summed E-state index contributed by atoms with van der Waals surface area (Å²) in [5.74, 6) is 1.12. The number of anilines is 1. The van der Waals surface area contributed by atoms with E-state index < -0.39 is 6.10 Å². The molecule has 3 aromatic rings. The maximum Gasteiger partial charge on any atom is 0.246 e. The highest BCUT2D eigenvalue weighted by atomic mass is 16.5. The molecule has 2 aromatic carbocycles. The quantitative estimate of drug-likeness (QED) is 0.753. The second kappa shape index (κ2) is 7.27. The highest BCUT2D eigenvalue weighted by molar-refractivity contribution is 5.59. The zero-order valence-corrected chi connectivity index (χ0v) is 13.9. The van der Waals surface area contributed by atoms with Crippen LogP contribution in [0, 0.1) is 6.92 Å². The van der Waals surface area contributed by atoms with Gasteiger partial charge in [-0.1, -0.05) is 47.6 Å². The molecule has 0 bridgehead atoms. The largest absolute Gasteiger partial charge is 0.392 e. The van der Waals surface area contributed by atoms with Crippen LogP contribution in [0.5, 0.6) is 0 Å². The summed E-state index contributed by atoms with van der Waals surface area (Å²) in [7, 11) is 0. The van der Waals surface area contributed by atoms with E-state index in [9.17, 15) is 5.11 Å². The highest BCUT2D eigenvalue weighted by Gasteiger charge is 2.16. The number of aliphatic hydroxyl groups excluding tert-OH is 1. The minimum Gasteiger partial charge on any atom is -0.392 e. The molecule has 0 saturated carbocycles. The number of aliphatic hydroxyl groups is 1. The van der Waals surface area contributed by atoms with Gasteiger partial charge in [0.2, 0.25) is 11.7 Å². The van der Waals surface area contributed by atoms with Gasteiger partial charge in [-0.05, 0) is 31.5 Å². The predicted molar refractivity (Wildman–Crippen MR) is 93.6 cm³/mol. The monoisotopic (exact) mass is 323 g/mol. The van der Waals surface area contributed by atoms with Crippen LogP contribution in [0.1, 0.15) is 18.4 Å². The molecule has 0 aliphatic carbocycles. The summed E-state index contributed by atoms with van der Waals surface area (Å²) < 4.78 is 5.42. The molecule has 1 atom stereocenters. The number of hydrogen-bond donors (Lipinski definition) is 1. The fourth-order valence-corrected chi connectivity index (χ4v) is 2.63. The van der Waals surface area contributed by atoms with Crippen molar-refractivity contribution < 1.29 is 9.63 Å². The van der Waals surface area contributed by atoms with E-state index in [1.165, 1.54) is 0 Å². The molecule has 124 valence electrons. The van der Waals surface area contributed by atoms with E-state index >= 15 is 0 Å². The summed E-state index contributed by atoms with van der Waals surface area (Å²) >= 11 is 0. The fraction of sp³-hybridized carbons (Fsp3) is 0.263. The van der Waals surface area contributed by atoms with E-state index in [0.717, 1.165) is 16.8 Å². The summed E-state index contributed by atoms with van der Waals surface area (Å²) in [5.41, 5.74) is 3.08. The molecule has 0 aliphatic rings. The van der Waals surface area contributed by atoms with Crippen LogP contribution in [0.25, 0.3) is 11.4 Å². The maximum atomic E-state index is 9.77. The van der Waals surface area contributed by atoms with Crippen molar-refractivity contribution in [2.75, 3.05) is 11.4 Å². The Morgan fingerprint density at radius 2 is 1.79 bits per heavy atom. The second-order valence-electron chi connectivity index (χ2n) is 5.89. The normalized spacial score (nSPS) is 12.1. The van der Waals surface area contributed by atoms with E-state index in [-0.39, 0.29) is 0 Å². The van der Waals surface area contributed by atoms with Gasteiger partial charge in [-0.25, -0.2) is 0 Å². The standard InChI is InChI=1S/C19H21N3O2/c1-14-8-6-7-11-17(14)19-20-18(24-21-19)13-22(12-15(2)23)16-9-4-3-5-10-16/h3-11,15,23H,12-13H2,1-2H3/t15-/m1/s1. The third-order valence-electron chi connectivity index (χ3n) is 3.79. The Morgan fingerprint density at radius 1 is 1.08 bits per heavy atom. The molecular formula is C19H21N3O2. The Bertz CT molecular complexity index is 784. The number of nitrogens with zero attached hydrogens (tertiary/aromatic N) is 3. The molecule has 5 nitrogen and oxygen atoms in total. The first-order valence-electron chi connectivity index (χ1n) is 8.00. The zero-order valence-electron chi connectivity index (χ0n) is 13.9. The minimum atomic E-state index is -0.455. The van der Waals surface area contributed by atoms with Crippen LogP contribution in [0.3, 0.4) is 0 Å². The lowest BCUT2D eigenvalue weighted by atomic mass is 10.1. The van der Waals surface area contributed by atoms with Crippen molar-refractivity contribution in [2.24, 2.45) is 0 Å². The van der Waals surface area contributed by atoms with E-state index in [4.69, 9.17) is 4.52 Å². The SMILES string of the molecule is Cc1ccccc1-c1noc(CN(C[C@@H](C)O)c2ccccc2)n1. The summed E-state index contributed by atoms with van der Waals surface area (Å²) in [4.78, 5) is 6.54. The molecule has 1 aromatic heterocycles. The van der Waals surface area contributed by atoms with Crippen LogP contribution < -0.4 is 4.90 Å². The molecule has 0 unspecified atom stereocenters. The minimum absolute atomic E-state index is 0.452. The van der Waals surface area contributed by atoms with Gasteiger partial charge in [-0.15, -0.1) is 0 Å². The molecule has 3 rings (SSSR count). The topological polar surface area (TPSA) is 62.4 Å². The van der Waals surface area contributed by atoms with Gasteiger partial charge in [0, 0.05) is 17.8 Å². The predicted octanol–water partition coefficient (Wildman–Crippen LogP) is 3.43. The number of hydrogen-bond acceptors (Lipinski definition) is 5. The molecule has 0 radical (unpaired) electrons. The summed E-state index contributed by atoms with van der Waals surface area (Å²) in [5, 5.41) is 13.9. The number of aryl methyl sites for hydroxylation is 1. The molecule has 1 heterocycles. The van der Waals surface area contributed by atoms with E-state index in [2.05, 4.69) is 10.1 Å². The molecule has 0 amide bonds. The number of aromatic nitrogens is 2. The van der Waals surface area contributed by atoms with Gasteiger partial charge < -0.3 is 14.5 Å². The Morgan fingerprint density at radius 3 is 2.50 bits per heavy atom. The van der Waals surface area contributed by atoms with Crippen LogP contribution in [-0.4, -0.2) is 27.9 Å². The molecule has 0 spiro atoms. The van der Waals surface area contributed by atoms with Crippen LogP contribution in [0.2, 0.25) is 0 Å². The molecule has 5 heteroatoms. The van der Waals surface area contributed by atoms with E-state index in [0.29, 0.717) is 24.8 Å². The van der Waals surface area contributed by atoms with Gasteiger partial charge >= 0.3 is 0 Å². The Hall–Kier alpha value is -2.66. The molecule has 0 fully saturated rings. The van der Waals surface area contributed by atoms with Crippen molar-refractivity contribution in [1.82, 2.24) is 10.1 Å². The van der Waals surface area contributed by atoms with Crippen molar-refractivity contribution in [2.45, 2.75) is 26.5 Å². The van der Waals surface area contributed by atoms with E-state index in [1.54, 1.807) is 6.92 Å².